The van der Waals surface area contributed by atoms with E-state index in [0.29, 0.717) is 11.1 Å². The molecule has 33 heavy (non-hydrogen) atoms. The van der Waals surface area contributed by atoms with Gasteiger partial charge in [0.25, 0.3) is 10.1 Å². The molecule has 0 aliphatic carbocycles. The van der Waals surface area contributed by atoms with Gasteiger partial charge in [-0.2, -0.15) is 8.42 Å². The first-order valence-electron chi connectivity index (χ1n) is 11.1. The van der Waals surface area contributed by atoms with Crippen molar-refractivity contribution in [1.29, 1.82) is 0 Å². The molecule has 1 unspecified atom stereocenters. The highest BCUT2D eigenvalue weighted by Gasteiger charge is 2.46. The summed E-state index contributed by atoms with van der Waals surface area (Å²) >= 11 is 0. The number of hydrogen-bond acceptors (Lipinski definition) is 8. The highest BCUT2D eigenvalue weighted by atomic mass is 32.2. The molecule has 9 heteroatoms. The number of methoxy groups -OCH3 is 1. The lowest BCUT2D eigenvalue weighted by atomic mass is 9.89. The number of carbonyl (C=O) groups is 2. The van der Waals surface area contributed by atoms with E-state index in [0.717, 1.165) is 5.56 Å². The van der Waals surface area contributed by atoms with Crippen LogP contribution in [0.25, 0.3) is 0 Å². The average Bonchev–Trinajstić information content (AvgIpc) is 2.74. The number of ether oxygens (including phenoxy) is 3. The Labute approximate surface area is 198 Å². The predicted octanol–water partition coefficient (Wildman–Crippen LogP) is 4.48. The molecule has 0 saturated carbocycles. The fourth-order valence-electron chi connectivity index (χ4n) is 3.20. The smallest absolute Gasteiger partial charge is 0.327 e. The number of esters is 2. The van der Waals surface area contributed by atoms with Crippen molar-refractivity contribution in [3.63, 3.8) is 0 Å². The summed E-state index contributed by atoms with van der Waals surface area (Å²) in [6.07, 6.45) is 0. The SMILES string of the molecule is CCOC(=O)C(C)(COS(=O)(=O)c1c(C(C)C)cc(C(C)C)cc1C(C)C)C(=O)OCOC. The molecule has 0 spiro atoms. The van der Waals surface area contributed by atoms with Gasteiger partial charge in [-0.15, -0.1) is 0 Å². The molecule has 1 atom stereocenters. The van der Waals surface area contributed by atoms with Crippen LogP contribution in [-0.2, 0) is 38.1 Å². The van der Waals surface area contributed by atoms with Gasteiger partial charge < -0.3 is 14.2 Å². The molecule has 0 aliphatic heterocycles. The summed E-state index contributed by atoms with van der Waals surface area (Å²) in [5.41, 5.74) is 0.297. The Morgan fingerprint density at radius 1 is 0.909 bits per heavy atom. The molecular formula is C24H38O8S. The second kappa shape index (κ2) is 11.9. The summed E-state index contributed by atoms with van der Waals surface area (Å²) < 4.78 is 47.0. The van der Waals surface area contributed by atoms with E-state index in [9.17, 15) is 18.0 Å². The fourth-order valence-corrected chi connectivity index (χ4v) is 4.87. The Balaban J connectivity index is 3.52. The third-order valence-corrected chi connectivity index (χ3v) is 6.72. The van der Waals surface area contributed by atoms with Crippen LogP contribution in [0, 0.1) is 5.41 Å². The Bertz CT molecular complexity index is 905. The Hall–Kier alpha value is -1.97. The van der Waals surface area contributed by atoms with Crippen LogP contribution < -0.4 is 0 Å². The van der Waals surface area contributed by atoms with Gasteiger partial charge in [0.15, 0.2) is 12.2 Å². The zero-order valence-corrected chi connectivity index (χ0v) is 22.0. The molecule has 1 rings (SSSR count). The van der Waals surface area contributed by atoms with E-state index < -0.39 is 40.9 Å². The summed E-state index contributed by atoms with van der Waals surface area (Å²) in [5, 5.41) is 0. The molecule has 0 amide bonds. The predicted molar refractivity (Wildman–Crippen MR) is 125 cm³/mol. The van der Waals surface area contributed by atoms with Crippen molar-refractivity contribution in [1.82, 2.24) is 0 Å². The lowest BCUT2D eigenvalue weighted by Gasteiger charge is -2.26. The van der Waals surface area contributed by atoms with Crippen molar-refractivity contribution >= 4 is 22.1 Å². The standard InChI is InChI=1S/C24H38O8S/c1-10-30-22(25)24(8,23(26)31-14-29-9)13-32-33(27,28)21-19(16(4)5)11-18(15(2)3)12-20(21)17(6)7/h11-12,15-17H,10,13-14H2,1-9H3. The van der Waals surface area contributed by atoms with Gasteiger partial charge in [-0.05, 0) is 48.3 Å². The van der Waals surface area contributed by atoms with Crippen LogP contribution in [0.15, 0.2) is 17.0 Å². The minimum atomic E-state index is -4.34. The van der Waals surface area contributed by atoms with Crippen LogP contribution in [0.5, 0.6) is 0 Å². The van der Waals surface area contributed by atoms with Crippen LogP contribution in [0.4, 0.5) is 0 Å². The highest BCUT2D eigenvalue weighted by Crippen LogP contribution is 2.36. The molecule has 0 fully saturated rings. The van der Waals surface area contributed by atoms with Gasteiger partial charge in [0.2, 0.25) is 0 Å². The van der Waals surface area contributed by atoms with Crippen molar-refractivity contribution in [3.8, 4) is 0 Å². The van der Waals surface area contributed by atoms with Gasteiger partial charge in [0.1, 0.15) is 4.90 Å². The summed E-state index contributed by atoms with van der Waals surface area (Å²) in [7, 11) is -3.02. The van der Waals surface area contributed by atoms with Crippen LogP contribution >= 0.6 is 0 Å². The van der Waals surface area contributed by atoms with Crippen molar-refractivity contribution in [2.75, 3.05) is 27.1 Å². The van der Waals surface area contributed by atoms with Gasteiger partial charge in [0.05, 0.1) is 13.2 Å². The van der Waals surface area contributed by atoms with E-state index in [1.807, 2.05) is 53.7 Å². The minimum Gasteiger partial charge on any atom is -0.465 e. The normalized spacial score (nSPS) is 13.9. The van der Waals surface area contributed by atoms with Crippen LogP contribution in [0.1, 0.15) is 89.8 Å². The Morgan fingerprint density at radius 3 is 1.79 bits per heavy atom. The van der Waals surface area contributed by atoms with E-state index in [1.165, 1.54) is 14.0 Å². The van der Waals surface area contributed by atoms with Gasteiger partial charge in [0, 0.05) is 7.11 Å². The molecular weight excluding hydrogens is 448 g/mol. The fraction of sp³-hybridized carbons (Fsp3) is 0.667. The quantitative estimate of drug-likeness (QED) is 0.184. The van der Waals surface area contributed by atoms with Crippen molar-refractivity contribution in [3.05, 3.63) is 28.8 Å². The lowest BCUT2D eigenvalue weighted by molar-refractivity contribution is -0.179. The second-order valence-electron chi connectivity index (χ2n) is 9.10. The van der Waals surface area contributed by atoms with Crippen LogP contribution in [0.3, 0.4) is 0 Å². The maximum Gasteiger partial charge on any atom is 0.327 e. The first kappa shape index (κ1) is 29.1. The maximum atomic E-state index is 13.5. The molecule has 8 nitrogen and oxygen atoms in total. The monoisotopic (exact) mass is 486 g/mol. The van der Waals surface area contributed by atoms with Crippen molar-refractivity contribution in [2.24, 2.45) is 5.41 Å². The number of rotatable bonds is 12. The molecule has 0 aliphatic rings. The highest BCUT2D eigenvalue weighted by molar-refractivity contribution is 7.86. The number of carbonyl (C=O) groups excluding carboxylic acids is 2. The van der Waals surface area contributed by atoms with Crippen LogP contribution in [-0.4, -0.2) is 47.5 Å². The summed E-state index contributed by atoms with van der Waals surface area (Å²) in [6.45, 7) is 13.4. The second-order valence-corrected chi connectivity index (χ2v) is 10.7. The van der Waals surface area contributed by atoms with Gasteiger partial charge in [-0.3, -0.25) is 13.8 Å². The first-order chi connectivity index (χ1) is 15.2. The van der Waals surface area contributed by atoms with Gasteiger partial charge in [-0.25, -0.2) is 0 Å². The third-order valence-electron chi connectivity index (χ3n) is 5.32. The topological polar surface area (TPSA) is 105 Å². The van der Waals surface area contributed by atoms with Gasteiger partial charge in [-0.1, -0.05) is 53.7 Å². The molecule has 188 valence electrons. The van der Waals surface area contributed by atoms with E-state index in [2.05, 4.69) is 0 Å². The maximum absolute atomic E-state index is 13.5. The number of hydrogen-bond donors (Lipinski definition) is 0. The summed E-state index contributed by atoms with van der Waals surface area (Å²) in [5.74, 6) is -1.93. The zero-order valence-electron chi connectivity index (χ0n) is 21.2. The Kier molecular flexibility index (Phi) is 10.5. The summed E-state index contributed by atoms with van der Waals surface area (Å²) in [6, 6.07) is 3.77. The molecule has 0 N–H and O–H groups in total. The van der Waals surface area contributed by atoms with Crippen molar-refractivity contribution in [2.45, 2.75) is 78.0 Å². The molecule has 0 saturated heterocycles. The molecule has 1 aromatic rings. The molecule has 1 aromatic carbocycles. The van der Waals surface area contributed by atoms with Gasteiger partial charge >= 0.3 is 11.9 Å². The summed E-state index contributed by atoms with van der Waals surface area (Å²) in [4.78, 5) is 25.2. The van der Waals surface area contributed by atoms with E-state index >= 15 is 0 Å². The van der Waals surface area contributed by atoms with Crippen LogP contribution in [0.2, 0.25) is 0 Å². The minimum absolute atomic E-state index is 0.00436. The first-order valence-corrected chi connectivity index (χ1v) is 12.5. The zero-order chi connectivity index (χ0) is 25.6. The van der Waals surface area contributed by atoms with Crippen molar-refractivity contribution < 1.29 is 36.4 Å². The third kappa shape index (κ3) is 7.01. The molecule has 0 heterocycles. The molecule has 0 aromatic heterocycles. The Morgan fingerprint density at radius 2 is 1.39 bits per heavy atom. The molecule has 0 radical (unpaired) electrons. The average molecular weight is 487 g/mol. The number of benzene rings is 1. The van der Waals surface area contributed by atoms with E-state index in [1.54, 1.807) is 6.92 Å². The molecule has 0 bridgehead atoms. The van der Waals surface area contributed by atoms with E-state index in [-0.39, 0.29) is 29.3 Å². The largest absolute Gasteiger partial charge is 0.465 e. The lowest BCUT2D eigenvalue weighted by Crippen LogP contribution is -2.44. The van der Waals surface area contributed by atoms with E-state index in [4.69, 9.17) is 18.4 Å².